The Morgan fingerprint density at radius 2 is 2.00 bits per heavy atom. The summed E-state index contributed by atoms with van der Waals surface area (Å²) < 4.78 is 30.8. The summed E-state index contributed by atoms with van der Waals surface area (Å²) in [4.78, 5) is 10.3. The number of hydrogen-bond donors (Lipinski definition) is 3. The number of carboxylic acid groups (broad SMARTS) is 1. The average molecular weight is 267 g/mol. The van der Waals surface area contributed by atoms with Gasteiger partial charge in [0.05, 0.1) is 5.25 Å². The van der Waals surface area contributed by atoms with Crippen molar-refractivity contribution in [2.45, 2.75) is 30.6 Å². The van der Waals surface area contributed by atoms with Crippen molar-refractivity contribution < 1.29 is 28.2 Å². The predicted octanol–water partition coefficient (Wildman–Crippen LogP) is -1.08. The van der Waals surface area contributed by atoms with Gasteiger partial charge >= 0.3 is 5.97 Å². The Bertz CT molecular complexity index is 348. The van der Waals surface area contributed by atoms with Gasteiger partial charge in [0.25, 0.3) is 0 Å². The monoisotopic (exact) mass is 267 g/mol. The van der Waals surface area contributed by atoms with Crippen molar-refractivity contribution in [3.8, 4) is 0 Å². The molecule has 0 saturated carbocycles. The lowest BCUT2D eigenvalue weighted by Gasteiger charge is -2.22. The fourth-order valence-corrected chi connectivity index (χ4v) is 3.02. The second-order valence-corrected chi connectivity index (χ2v) is 5.94. The number of sulfonamides is 1. The zero-order valence-electron chi connectivity index (χ0n) is 9.33. The van der Waals surface area contributed by atoms with Gasteiger partial charge in [-0.25, -0.2) is 17.9 Å². The number of aliphatic hydroxyl groups excluding tert-OH is 1. The van der Waals surface area contributed by atoms with Crippen LogP contribution in [0, 0.1) is 0 Å². The standard InChI is InChI=1S/C9H17NO6S/c11-8(9(12)13)1-4-10-17(14,15)7-2-5-16-6-3-7/h7-8,10-11H,1-6H2,(H,12,13). The van der Waals surface area contributed by atoms with E-state index in [9.17, 15) is 13.2 Å². The summed E-state index contributed by atoms with van der Waals surface area (Å²) in [6.07, 6.45) is -0.793. The number of ether oxygens (including phenoxy) is 1. The Labute approximate surface area is 99.8 Å². The first-order valence-corrected chi connectivity index (χ1v) is 6.95. The van der Waals surface area contributed by atoms with Crippen LogP contribution in [0.2, 0.25) is 0 Å². The van der Waals surface area contributed by atoms with Gasteiger partial charge < -0.3 is 14.9 Å². The van der Waals surface area contributed by atoms with E-state index in [0.717, 1.165) is 0 Å². The van der Waals surface area contributed by atoms with Gasteiger partial charge in [0.2, 0.25) is 10.0 Å². The van der Waals surface area contributed by atoms with E-state index >= 15 is 0 Å². The minimum absolute atomic E-state index is 0.0762. The second kappa shape index (κ2) is 6.29. The first-order valence-electron chi connectivity index (χ1n) is 5.40. The van der Waals surface area contributed by atoms with Gasteiger partial charge in [0.1, 0.15) is 0 Å². The number of rotatable bonds is 6. The SMILES string of the molecule is O=C(O)C(O)CCNS(=O)(=O)C1CCOCC1. The zero-order valence-corrected chi connectivity index (χ0v) is 10.1. The lowest BCUT2D eigenvalue weighted by molar-refractivity contribution is -0.146. The number of aliphatic hydroxyl groups is 1. The lowest BCUT2D eigenvalue weighted by Crippen LogP contribution is -2.39. The molecule has 8 heteroatoms. The maximum Gasteiger partial charge on any atom is 0.332 e. The molecule has 0 amide bonds. The number of hydrogen-bond acceptors (Lipinski definition) is 5. The molecule has 1 rings (SSSR count). The quantitative estimate of drug-likeness (QED) is 0.564. The molecule has 1 aliphatic heterocycles. The maximum atomic E-state index is 11.7. The van der Waals surface area contributed by atoms with E-state index in [-0.39, 0.29) is 13.0 Å². The van der Waals surface area contributed by atoms with Crippen LogP contribution in [-0.4, -0.2) is 55.7 Å². The third kappa shape index (κ3) is 4.58. The molecule has 0 aliphatic carbocycles. The normalized spacial score (nSPS) is 20.1. The van der Waals surface area contributed by atoms with Crippen molar-refractivity contribution in [2.24, 2.45) is 0 Å². The molecule has 0 bridgehead atoms. The van der Waals surface area contributed by atoms with Gasteiger partial charge in [-0.1, -0.05) is 0 Å². The van der Waals surface area contributed by atoms with Crippen LogP contribution in [0.5, 0.6) is 0 Å². The second-order valence-electron chi connectivity index (χ2n) is 3.89. The van der Waals surface area contributed by atoms with E-state index in [0.29, 0.717) is 26.1 Å². The smallest absolute Gasteiger partial charge is 0.332 e. The number of aliphatic carboxylic acids is 1. The fourth-order valence-electron chi connectivity index (χ4n) is 1.57. The summed E-state index contributed by atoms with van der Waals surface area (Å²) in [6.45, 7) is 0.764. The minimum Gasteiger partial charge on any atom is -0.479 e. The lowest BCUT2D eigenvalue weighted by atomic mass is 10.2. The molecular formula is C9H17NO6S. The van der Waals surface area contributed by atoms with Crippen molar-refractivity contribution in [3.63, 3.8) is 0 Å². The van der Waals surface area contributed by atoms with Gasteiger partial charge in [-0.15, -0.1) is 0 Å². The predicted molar refractivity (Wildman–Crippen MR) is 59.0 cm³/mol. The molecule has 1 unspecified atom stereocenters. The molecule has 7 nitrogen and oxygen atoms in total. The van der Waals surface area contributed by atoms with Crippen LogP contribution >= 0.6 is 0 Å². The molecule has 0 radical (unpaired) electrons. The molecule has 1 saturated heterocycles. The van der Waals surface area contributed by atoms with E-state index in [1.54, 1.807) is 0 Å². The van der Waals surface area contributed by atoms with Gasteiger partial charge in [0, 0.05) is 19.8 Å². The number of carboxylic acids is 1. The van der Waals surface area contributed by atoms with E-state index in [4.69, 9.17) is 14.9 Å². The molecule has 1 fully saturated rings. The van der Waals surface area contributed by atoms with Gasteiger partial charge in [0.15, 0.2) is 6.10 Å². The highest BCUT2D eigenvalue weighted by molar-refractivity contribution is 7.90. The fraction of sp³-hybridized carbons (Fsp3) is 0.889. The van der Waals surface area contributed by atoms with Crippen LogP contribution in [-0.2, 0) is 19.6 Å². The largest absolute Gasteiger partial charge is 0.479 e. The van der Waals surface area contributed by atoms with E-state index in [1.165, 1.54) is 0 Å². The van der Waals surface area contributed by atoms with E-state index in [2.05, 4.69) is 4.72 Å². The Morgan fingerprint density at radius 1 is 1.41 bits per heavy atom. The Morgan fingerprint density at radius 3 is 2.53 bits per heavy atom. The third-order valence-corrected chi connectivity index (χ3v) is 4.57. The molecule has 1 atom stereocenters. The Balaban J connectivity index is 2.36. The third-order valence-electron chi connectivity index (χ3n) is 2.61. The van der Waals surface area contributed by atoms with E-state index < -0.39 is 27.3 Å². The molecule has 3 N–H and O–H groups in total. The van der Waals surface area contributed by atoms with Gasteiger partial charge in [-0.3, -0.25) is 0 Å². The van der Waals surface area contributed by atoms with Crippen molar-refractivity contribution in [2.75, 3.05) is 19.8 Å². The highest BCUT2D eigenvalue weighted by atomic mass is 32.2. The Hall–Kier alpha value is -0.700. The molecule has 1 heterocycles. The molecule has 1 aliphatic rings. The van der Waals surface area contributed by atoms with Crippen LogP contribution in [0.25, 0.3) is 0 Å². The van der Waals surface area contributed by atoms with Crippen LogP contribution in [0.4, 0.5) is 0 Å². The minimum atomic E-state index is -3.44. The number of carbonyl (C=O) groups is 1. The molecule has 0 aromatic rings. The van der Waals surface area contributed by atoms with Crippen molar-refractivity contribution in [3.05, 3.63) is 0 Å². The first kappa shape index (κ1) is 14.4. The highest BCUT2D eigenvalue weighted by Gasteiger charge is 2.27. The molecular weight excluding hydrogens is 250 g/mol. The van der Waals surface area contributed by atoms with Crippen LogP contribution in [0.3, 0.4) is 0 Å². The topological polar surface area (TPSA) is 113 Å². The van der Waals surface area contributed by atoms with Gasteiger partial charge in [-0.05, 0) is 19.3 Å². The van der Waals surface area contributed by atoms with Gasteiger partial charge in [-0.2, -0.15) is 0 Å². The van der Waals surface area contributed by atoms with Crippen LogP contribution < -0.4 is 4.72 Å². The van der Waals surface area contributed by atoms with Crippen LogP contribution in [0.1, 0.15) is 19.3 Å². The van der Waals surface area contributed by atoms with Crippen molar-refractivity contribution in [1.29, 1.82) is 0 Å². The summed E-state index contributed by atoms with van der Waals surface area (Å²) >= 11 is 0. The van der Waals surface area contributed by atoms with E-state index in [1.807, 2.05) is 0 Å². The maximum absolute atomic E-state index is 11.7. The van der Waals surface area contributed by atoms with Crippen LogP contribution in [0.15, 0.2) is 0 Å². The summed E-state index contributed by atoms with van der Waals surface area (Å²) in [5.41, 5.74) is 0. The molecule has 0 aromatic heterocycles. The molecule has 17 heavy (non-hydrogen) atoms. The summed E-state index contributed by atoms with van der Waals surface area (Å²) in [6, 6.07) is 0. The summed E-state index contributed by atoms with van der Waals surface area (Å²) in [5, 5.41) is 16.9. The molecule has 0 spiro atoms. The number of nitrogens with one attached hydrogen (secondary N) is 1. The van der Waals surface area contributed by atoms with Crippen molar-refractivity contribution >= 4 is 16.0 Å². The average Bonchev–Trinajstić information content (AvgIpc) is 2.29. The summed E-state index contributed by atoms with van der Waals surface area (Å²) in [5.74, 6) is -1.35. The first-order chi connectivity index (χ1) is 7.93. The molecule has 100 valence electrons. The summed E-state index contributed by atoms with van der Waals surface area (Å²) in [7, 11) is -3.44. The highest BCUT2D eigenvalue weighted by Crippen LogP contribution is 2.14. The Kier molecular flexibility index (Phi) is 5.31. The zero-order chi connectivity index (χ0) is 12.9. The molecule has 0 aromatic carbocycles. The van der Waals surface area contributed by atoms with Crippen molar-refractivity contribution in [1.82, 2.24) is 4.72 Å².